The molecule has 2 N–H and O–H groups in total. The van der Waals surface area contributed by atoms with Crippen LogP contribution in [0.15, 0.2) is 11.0 Å². The quantitative estimate of drug-likeness (QED) is 0.692. The maximum atomic E-state index is 11.8. The first kappa shape index (κ1) is 14.0. The van der Waals surface area contributed by atoms with Gasteiger partial charge in [0.1, 0.15) is 5.02 Å². The molecule has 0 radical (unpaired) electrons. The molecule has 0 aromatic carbocycles. The summed E-state index contributed by atoms with van der Waals surface area (Å²) in [5.74, 6) is 0. The van der Waals surface area contributed by atoms with Crippen LogP contribution in [0.2, 0.25) is 5.02 Å². The number of nitrogens with one attached hydrogen (secondary N) is 1. The van der Waals surface area contributed by atoms with Crippen molar-refractivity contribution in [3.8, 4) is 0 Å². The molecular weight excluding hydrogens is 246 g/mol. The Morgan fingerprint density at radius 3 is 3.06 bits per heavy atom. The van der Waals surface area contributed by atoms with Crippen LogP contribution < -0.4 is 10.9 Å². The molecule has 0 bridgehead atoms. The van der Waals surface area contributed by atoms with Gasteiger partial charge in [0.25, 0.3) is 5.56 Å². The van der Waals surface area contributed by atoms with E-state index in [9.17, 15) is 4.79 Å². The standard InChI is InChI=1S/C10H16ClN3O3/c1-17-6-4-14-10(16)9(11)8(7-13-14)12-3-2-5-15/h7,12,15H,2-6H2,1H3. The average Bonchev–Trinajstić information content (AvgIpc) is 2.34. The van der Waals surface area contributed by atoms with E-state index >= 15 is 0 Å². The van der Waals surface area contributed by atoms with Crippen molar-refractivity contribution in [1.29, 1.82) is 0 Å². The van der Waals surface area contributed by atoms with Crippen LogP contribution in [-0.2, 0) is 11.3 Å². The fourth-order valence-corrected chi connectivity index (χ4v) is 1.44. The monoisotopic (exact) mass is 261 g/mol. The molecule has 7 heteroatoms. The maximum absolute atomic E-state index is 11.8. The third-order valence-corrected chi connectivity index (χ3v) is 2.51. The van der Waals surface area contributed by atoms with E-state index in [0.29, 0.717) is 31.8 Å². The lowest BCUT2D eigenvalue weighted by molar-refractivity contribution is 0.182. The summed E-state index contributed by atoms with van der Waals surface area (Å²) in [7, 11) is 1.55. The maximum Gasteiger partial charge on any atom is 0.287 e. The molecule has 1 aromatic rings. The van der Waals surface area contributed by atoms with Crippen molar-refractivity contribution in [1.82, 2.24) is 9.78 Å². The molecule has 17 heavy (non-hydrogen) atoms. The Balaban J connectivity index is 2.76. The SMILES string of the molecule is COCCn1ncc(NCCCO)c(Cl)c1=O. The highest BCUT2D eigenvalue weighted by molar-refractivity contribution is 6.32. The Kier molecular flexibility index (Phi) is 5.96. The Hall–Kier alpha value is -1.11. The van der Waals surface area contributed by atoms with Crippen LogP contribution in [0.3, 0.4) is 0 Å². The van der Waals surface area contributed by atoms with Gasteiger partial charge in [-0.1, -0.05) is 11.6 Å². The molecule has 0 unspecified atom stereocenters. The minimum atomic E-state index is -0.349. The molecule has 0 aliphatic carbocycles. The molecule has 0 saturated carbocycles. The molecule has 1 aromatic heterocycles. The largest absolute Gasteiger partial charge is 0.396 e. The van der Waals surface area contributed by atoms with Crippen LogP contribution in [0.4, 0.5) is 5.69 Å². The highest BCUT2D eigenvalue weighted by Gasteiger charge is 2.08. The van der Waals surface area contributed by atoms with Crippen LogP contribution in [0, 0.1) is 0 Å². The second-order valence-electron chi connectivity index (χ2n) is 3.40. The van der Waals surface area contributed by atoms with Crippen molar-refractivity contribution in [3.05, 3.63) is 21.6 Å². The number of anilines is 1. The van der Waals surface area contributed by atoms with E-state index < -0.39 is 0 Å². The van der Waals surface area contributed by atoms with Crippen LogP contribution in [0.25, 0.3) is 0 Å². The molecule has 0 atom stereocenters. The zero-order chi connectivity index (χ0) is 12.7. The van der Waals surface area contributed by atoms with Gasteiger partial charge >= 0.3 is 0 Å². The second-order valence-corrected chi connectivity index (χ2v) is 3.78. The number of nitrogens with zero attached hydrogens (tertiary/aromatic N) is 2. The summed E-state index contributed by atoms with van der Waals surface area (Å²) in [6.07, 6.45) is 2.08. The van der Waals surface area contributed by atoms with Crippen molar-refractivity contribution in [2.24, 2.45) is 0 Å². The van der Waals surface area contributed by atoms with Gasteiger partial charge in [-0.3, -0.25) is 4.79 Å². The molecule has 0 aliphatic rings. The summed E-state index contributed by atoms with van der Waals surface area (Å²) in [6, 6.07) is 0. The fraction of sp³-hybridized carbons (Fsp3) is 0.600. The molecule has 6 nitrogen and oxygen atoms in total. The molecule has 96 valence electrons. The Morgan fingerprint density at radius 1 is 1.65 bits per heavy atom. The first-order valence-electron chi connectivity index (χ1n) is 5.30. The first-order valence-corrected chi connectivity index (χ1v) is 5.67. The fourth-order valence-electron chi connectivity index (χ4n) is 1.23. The summed E-state index contributed by atoms with van der Waals surface area (Å²) in [4.78, 5) is 11.8. The van der Waals surface area contributed by atoms with Crippen molar-refractivity contribution >= 4 is 17.3 Å². The second kappa shape index (κ2) is 7.26. The van der Waals surface area contributed by atoms with Gasteiger partial charge in [-0.05, 0) is 6.42 Å². The molecular formula is C10H16ClN3O3. The Labute approximate surface area is 104 Å². The predicted octanol–water partition coefficient (Wildman–Crippen LogP) is 0.337. The highest BCUT2D eigenvalue weighted by Crippen LogP contribution is 2.14. The zero-order valence-corrected chi connectivity index (χ0v) is 10.4. The van der Waals surface area contributed by atoms with Crippen LogP contribution in [0.1, 0.15) is 6.42 Å². The topological polar surface area (TPSA) is 76.4 Å². The minimum Gasteiger partial charge on any atom is -0.396 e. The third-order valence-electron chi connectivity index (χ3n) is 2.14. The van der Waals surface area contributed by atoms with Gasteiger partial charge in [0.15, 0.2) is 0 Å². The van der Waals surface area contributed by atoms with Gasteiger partial charge in [-0.15, -0.1) is 0 Å². The van der Waals surface area contributed by atoms with Gasteiger partial charge in [0, 0.05) is 20.3 Å². The summed E-state index contributed by atoms with van der Waals surface area (Å²) in [5, 5.41) is 15.7. The molecule has 0 aliphatic heterocycles. The minimum absolute atomic E-state index is 0.0863. The third kappa shape index (κ3) is 3.99. The van der Waals surface area contributed by atoms with Gasteiger partial charge in [-0.2, -0.15) is 5.10 Å². The van der Waals surface area contributed by atoms with Crippen LogP contribution in [0.5, 0.6) is 0 Å². The molecule has 1 heterocycles. The number of aliphatic hydroxyl groups excluding tert-OH is 1. The van der Waals surface area contributed by atoms with Crippen molar-refractivity contribution in [2.45, 2.75) is 13.0 Å². The van der Waals surface area contributed by atoms with E-state index in [2.05, 4.69) is 10.4 Å². The van der Waals surface area contributed by atoms with E-state index in [4.69, 9.17) is 21.4 Å². The Morgan fingerprint density at radius 2 is 2.41 bits per heavy atom. The Bertz CT molecular complexity index is 408. The van der Waals surface area contributed by atoms with Crippen molar-refractivity contribution in [2.75, 3.05) is 32.2 Å². The molecule has 0 spiro atoms. The number of ether oxygens (including phenoxy) is 1. The summed E-state index contributed by atoms with van der Waals surface area (Å²) < 4.78 is 6.12. The summed E-state index contributed by atoms with van der Waals surface area (Å²) in [5.41, 5.74) is 0.136. The highest BCUT2D eigenvalue weighted by atomic mass is 35.5. The number of hydrogen-bond acceptors (Lipinski definition) is 5. The smallest absolute Gasteiger partial charge is 0.287 e. The van der Waals surface area contributed by atoms with E-state index in [0.717, 1.165) is 0 Å². The van der Waals surface area contributed by atoms with E-state index in [-0.39, 0.29) is 17.2 Å². The van der Waals surface area contributed by atoms with Crippen LogP contribution >= 0.6 is 11.6 Å². The van der Waals surface area contributed by atoms with Crippen LogP contribution in [-0.4, -0.2) is 41.8 Å². The normalized spacial score (nSPS) is 10.5. The van der Waals surface area contributed by atoms with E-state index in [1.54, 1.807) is 7.11 Å². The number of aromatic nitrogens is 2. The molecule has 0 fully saturated rings. The lowest BCUT2D eigenvalue weighted by Gasteiger charge is -2.09. The number of methoxy groups -OCH3 is 1. The summed E-state index contributed by atoms with van der Waals surface area (Å²) >= 11 is 5.92. The number of hydrogen-bond donors (Lipinski definition) is 2. The lowest BCUT2D eigenvalue weighted by Crippen LogP contribution is -2.26. The molecule has 0 saturated heterocycles. The van der Waals surface area contributed by atoms with Gasteiger partial charge in [0.05, 0.1) is 25.0 Å². The van der Waals surface area contributed by atoms with Crippen molar-refractivity contribution in [3.63, 3.8) is 0 Å². The van der Waals surface area contributed by atoms with Gasteiger partial charge < -0.3 is 15.2 Å². The predicted molar refractivity (Wildman–Crippen MR) is 65.6 cm³/mol. The summed E-state index contributed by atoms with van der Waals surface area (Å²) in [6.45, 7) is 1.40. The number of halogens is 1. The van der Waals surface area contributed by atoms with E-state index in [1.807, 2.05) is 0 Å². The van der Waals surface area contributed by atoms with Gasteiger partial charge in [-0.25, -0.2) is 4.68 Å². The number of rotatable bonds is 7. The zero-order valence-electron chi connectivity index (χ0n) is 9.65. The average molecular weight is 262 g/mol. The molecule has 0 amide bonds. The van der Waals surface area contributed by atoms with Crippen molar-refractivity contribution < 1.29 is 9.84 Å². The van der Waals surface area contributed by atoms with E-state index in [1.165, 1.54) is 10.9 Å². The van der Waals surface area contributed by atoms with Gasteiger partial charge in [0.2, 0.25) is 0 Å². The lowest BCUT2D eigenvalue weighted by atomic mass is 10.4. The number of aliphatic hydroxyl groups is 1. The molecule has 1 rings (SSSR count). The first-order chi connectivity index (χ1) is 8.20.